The molecule has 0 atom stereocenters. The molecule has 0 bridgehead atoms. The first-order valence-electron chi connectivity index (χ1n) is 6.68. The highest BCUT2D eigenvalue weighted by Crippen LogP contribution is 2.33. The van der Waals surface area contributed by atoms with Crippen molar-refractivity contribution in [3.63, 3.8) is 0 Å². The molecule has 5 heteroatoms. The largest absolute Gasteiger partial charge is 0.443 e. The van der Waals surface area contributed by atoms with Crippen molar-refractivity contribution in [2.24, 2.45) is 11.0 Å². The third-order valence-corrected chi connectivity index (χ3v) is 3.30. The van der Waals surface area contributed by atoms with E-state index < -0.39 is 11.7 Å². The van der Waals surface area contributed by atoms with Gasteiger partial charge in [-0.1, -0.05) is 28.1 Å². The van der Waals surface area contributed by atoms with Gasteiger partial charge in [-0.3, -0.25) is 0 Å². The van der Waals surface area contributed by atoms with Crippen LogP contribution < -0.4 is 5.43 Å². The number of nitrogens with zero attached hydrogens (tertiary/aromatic N) is 1. The zero-order chi connectivity index (χ0) is 14.8. The third kappa shape index (κ3) is 4.63. The molecule has 1 saturated carbocycles. The number of carbonyl (C=O) groups is 1. The van der Waals surface area contributed by atoms with Crippen LogP contribution >= 0.6 is 15.9 Å². The smallest absolute Gasteiger partial charge is 0.428 e. The van der Waals surface area contributed by atoms with Gasteiger partial charge in [0.15, 0.2) is 0 Å². The van der Waals surface area contributed by atoms with Gasteiger partial charge in [-0.05, 0) is 51.3 Å². The van der Waals surface area contributed by atoms with Crippen LogP contribution in [-0.4, -0.2) is 17.4 Å². The number of amides is 1. The molecule has 1 amide bonds. The van der Waals surface area contributed by atoms with Gasteiger partial charge in [0.1, 0.15) is 5.60 Å². The van der Waals surface area contributed by atoms with E-state index in [9.17, 15) is 4.79 Å². The molecular formula is C15H19BrN2O2. The minimum Gasteiger partial charge on any atom is -0.443 e. The lowest BCUT2D eigenvalue weighted by Gasteiger charge is -2.18. The van der Waals surface area contributed by atoms with Gasteiger partial charge in [0.05, 0.1) is 5.71 Å². The zero-order valence-electron chi connectivity index (χ0n) is 11.9. The van der Waals surface area contributed by atoms with Gasteiger partial charge in [0.25, 0.3) is 0 Å². The summed E-state index contributed by atoms with van der Waals surface area (Å²) in [6.07, 6.45) is 1.71. The molecule has 1 N–H and O–H groups in total. The summed E-state index contributed by atoms with van der Waals surface area (Å²) in [5.74, 6) is 0.436. The Morgan fingerprint density at radius 2 is 1.90 bits per heavy atom. The molecule has 108 valence electrons. The van der Waals surface area contributed by atoms with Crippen LogP contribution in [0.2, 0.25) is 0 Å². The van der Waals surface area contributed by atoms with E-state index in [0.29, 0.717) is 5.92 Å². The van der Waals surface area contributed by atoms with Gasteiger partial charge in [0, 0.05) is 10.4 Å². The lowest BCUT2D eigenvalue weighted by Crippen LogP contribution is -2.30. The molecule has 0 saturated heterocycles. The molecule has 0 heterocycles. The standard InChI is InChI=1S/C15H19BrN2O2/c1-15(2,3)20-14(19)18-17-13(10-4-5-10)11-6-8-12(16)9-7-11/h6-10H,4-5H2,1-3H3,(H,18,19)/b17-13+. The third-order valence-electron chi connectivity index (χ3n) is 2.77. The van der Waals surface area contributed by atoms with E-state index in [2.05, 4.69) is 26.5 Å². The van der Waals surface area contributed by atoms with Gasteiger partial charge >= 0.3 is 6.09 Å². The van der Waals surface area contributed by atoms with Crippen LogP contribution in [0.4, 0.5) is 4.79 Å². The van der Waals surface area contributed by atoms with Crippen molar-refractivity contribution in [2.75, 3.05) is 0 Å². The van der Waals surface area contributed by atoms with Crippen molar-refractivity contribution in [1.29, 1.82) is 0 Å². The molecule has 0 aliphatic heterocycles. The normalized spacial score (nSPS) is 15.9. The van der Waals surface area contributed by atoms with E-state index in [1.165, 1.54) is 0 Å². The number of nitrogens with one attached hydrogen (secondary N) is 1. The summed E-state index contributed by atoms with van der Waals surface area (Å²) in [5, 5.41) is 4.25. The first kappa shape index (κ1) is 15.0. The molecule has 1 aromatic carbocycles. The predicted octanol–water partition coefficient (Wildman–Crippen LogP) is 4.09. The summed E-state index contributed by atoms with van der Waals surface area (Å²) in [4.78, 5) is 11.6. The molecule has 4 nitrogen and oxygen atoms in total. The Labute approximate surface area is 127 Å². The van der Waals surface area contributed by atoms with Crippen LogP contribution in [0.25, 0.3) is 0 Å². The molecule has 2 rings (SSSR count). The molecule has 1 aliphatic carbocycles. The van der Waals surface area contributed by atoms with E-state index in [1.54, 1.807) is 0 Å². The minimum absolute atomic E-state index is 0.436. The molecule has 20 heavy (non-hydrogen) atoms. The second kappa shape index (κ2) is 5.95. The van der Waals surface area contributed by atoms with Crippen molar-refractivity contribution in [1.82, 2.24) is 5.43 Å². The maximum atomic E-state index is 11.6. The van der Waals surface area contributed by atoms with E-state index >= 15 is 0 Å². The second-order valence-electron chi connectivity index (χ2n) is 5.89. The Hall–Kier alpha value is -1.36. The van der Waals surface area contributed by atoms with Gasteiger partial charge in [-0.25, -0.2) is 10.2 Å². The quantitative estimate of drug-likeness (QED) is 0.666. The zero-order valence-corrected chi connectivity index (χ0v) is 13.5. The Bertz CT molecular complexity index is 514. The highest BCUT2D eigenvalue weighted by Gasteiger charge is 2.29. The SMILES string of the molecule is CC(C)(C)OC(=O)N/N=C(/c1ccc(Br)cc1)C1CC1. The second-order valence-corrected chi connectivity index (χ2v) is 6.81. The van der Waals surface area contributed by atoms with Crippen LogP contribution in [0.3, 0.4) is 0 Å². The number of hydrazone groups is 1. The first-order chi connectivity index (χ1) is 9.35. The van der Waals surface area contributed by atoms with E-state index in [4.69, 9.17) is 4.74 Å². The molecular weight excluding hydrogens is 320 g/mol. The van der Waals surface area contributed by atoms with Gasteiger partial charge in [-0.15, -0.1) is 0 Å². The maximum absolute atomic E-state index is 11.6. The summed E-state index contributed by atoms with van der Waals surface area (Å²) in [6, 6.07) is 7.94. The highest BCUT2D eigenvalue weighted by atomic mass is 79.9. The topological polar surface area (TPSA) is 50.7 Å². The van der Waals surface area contributed by atoms with Crippen LogP contribution in [0.5, 0.6) is 0 Å². The lowest BCUT2D eigenvalue weighted by atomic mass is 10.1. The maximum Gasteiger partial charge on any atom is 0.428 e. The van der Waals surface area contributed by atoms with Crippen molar-refractivity contribution in [3.05, 3.63) is 34.3 Å². The minimum atomic E-state index is -0.521. The van der Waals surface area contributed by atoms with Gasteiger partial charge in [0.2, 0.25) is 0 Å². The number of rotatable bonds is 3. The number of hydrogen-bond acceptors (Lipinski definition) is 3. The molecule has 0 unspecified atom stereocenters. The Morgan fingerprint density at radius 1 is 1.30 bits per heavy atom. The number of carbonyl (C=O) groups excluding carboxylic acids is 1. The molecule has 1 aliphatic rings. The summed E-state index contributed by atoms with van der Waals surface area (Å²) in [7, 11) is 0. The Balaban J connectivity index is 2.07. The van der Waals surface area contributed by atoms with Gasteiger partial charge in [-0.2, -0.15) is 5.10 Å². The van der Waals surface area contributed by atoms with Crippen molar-refractivity contribution >= 4 is 27.7 Å². The summed E-state index contributed by atoms with van der Waals surface area (Å²) in [5.41, 5.74) is 3.93. The monoisotopic (exact) mass is 338 g/mol. The fraction of sp³-hybridized carbons (Fsp3) is 0.467. The van der Waals surface area contributed by atoms with E-state index in [0.717, 1.165) is 28.6 Å². The molecule has 0 aromatic heterocycles. The van der Waals surface area contributed by atoms with Crippen molar-refractivity contribution < 1.29 is 9.53 Å². The summed E-state index contributed by atoms with van der Waals surface area (Å²) in [6.45, 7) is 5.48. The fourth-order valence-corrected chi connectivity index (χ4v) is 2.04. The van der Waals surface area contributed by atoms with Crippen LogP contribution in [-0.2, 0) is 4.74 Å². The first-order valence-corrected chi connectivity index (χ1v) is 7.47. The molecule has 0 radical (unpaired) electrons. The Kier molecular flexibility index (Phi) is 4.48. The number of ether oxygens (including phenoxy) is 1. The number of hydrogen-bond donors (Lipinski definition) is 1. The van der Waals surface area contributed by atoms with Crippen molar-refractivity contribution in [2.45, 2.75) is 39.2 Å². The van der Waals surface area contributed by atoms with Crippen LogP contribution in [0.1, 0.15) is 39.2 Å². The van der Waals surface area contributed by atoms with Gasteiger partial charge < -0.3 is 4.74 Å². The number of benzene rings is 1. The summed E-state index contributed by atoms with van der Waals surface area (Å²) >= 11 is 3.41. The molecule has 1 fully saturated rings. The molecule has 1 aromatic rings. The average molecular weight is 339 g/mol. The number of halogens is 1. The van der Waals surface area contributed by atoms with Crippen LogP contribution in [0, 0.1) is 5.92 Å². The average Bonchev–Trinajstić information content (AvgIpc) is 3.13. The molecule has 0 spiro atoms. The van der Waals surface area contributed by atoms with Crippen molar-refractivity contribution in [3.8, 4) is 0 Å². The van der Waals surface area contributed by atoms with E-state index in [1.807, 2.05) is 45.0 Å². The Morgan fingerprint density at radius 3 is 2.40 bits per heavy atom. The van der Waals surface area contributed by atoms with Crippen LogP contribution in [0.15, 0.2) is 33.8 Å². The summed E-state index contributed by atoms with van der Waals surface area (Å²) < 4.78 is 6.20. The highest BCUT2D eigenvalue weighted by molar-refractivity contribution is 9.10. The fourth-order valence-electron chi connectivity index (χ4n) is 1.78. The predicted molar refractivity (Wildman–Crippen MR) is 82.8 cm³/mol. The lowest BCUT2D eigenvalue weighted by molar-refractivity contribution is 0.0529. The van der Waals surface area contributed by atoms with E-state index in [-0.39, 0.29) is 0 Å².